The van der Waals surface area contributed by atoms with Crippen LogP contribution in [-0.4, -0.2) is 55.8 Å². The summed E-state index contributed by atoms with van der Waals surface area (Å²) in [7, 11) is 0. The van der Waals surface area contributed by atoms with E-state index in [0.29, 0.717) is 36.2 Å². The number of nitrogens with two attached hydrogens (primary N) is 1. The highest BCUT2D eigenvalue weighted by Gasteiger charge is 2.32. The Balaban J connectivity index is 1.38. The lowest BCUT2D eigenvalue weighted by molar-refractivity contribution is -0.0461. The maximum atomic E-state index is 12.5. The van der Waals surface area contributed by atoms with Crippen molar-refractivity contribution in [1.82, 2.24) is 10.2 Å². The van der Waals surface area contributed by atoms with E-state index in [1.807, 2.05) is 0 Å². The Bertz CT molecular complexity index is 619. The first-order chi connectivity index (χ1) is 11.2. The Morgan fingerprint density at radius 1 is 1.43 bits per heavy atom. The van der Waals surface area contributed by atoms with E-state index in [1.165, 1.54) is 12.8 Å². The number of hydrogen-bond acceptors (Lipinski definition) is 5. The number of carbonyl (C=O) groups is 1. The number of fused-ring (bicyclic) bond motifs is 2. The number of benzene rings is 1. The van der Waals surface area contributed by atoms with E-state index in [9.17, 15) is 4.79 Å². The van der Waals surface area contributed by atoms with Crippen molar-refractivity contribution in [2.24, 2.45) is 0 Å². The fourth-order valence-corrected chi connectivity index (χ4v) is 3.84. The van der Waals surface area contributed by atoms with Gasteiger partial charge in [-0.15, -0.1) is 0 Å². The second-order valence-corrected chi connectivity index (χ2v) is 6.56. The van der Waals surface area contributed by atoms with Crippen molar-refractivity contribution in [3.8, 4) is 5.75 Å². The second kappa shape index (κ2) is 6.02. The number of hydrogen-bond donors (Lipinski definition) is 2. The molecule has 0 unspecified atom stereocenters. The smallest absolute Gasteiger partial charge is 0.251 e. The summed E-state index contributed by atoms with van der Waals surface area (Å²) in [6.45, 7) is 3.98. The van der Waals surface area contributed by atoms with Crippen molar-refractivity contribution in [3.05, 3.63) is 23.3 Å². The molecule has 4 rings (SSSR count). The van der Waals surface area contributed by atoms with E-state index in [0.717, 1.165) is 31.7 Å². The number of nitrogens with one attached hydrogen (secondary N) is 1. The molecule has 3 heterocycles. The van der Waals surface area contributed by atoms with Crippen molar-refractivity contribution in [2.45, 2.75) is 31.4 Å². The van der Waals surface area contributed by atoms with Crippen LogP contribution in [0.15, 0.2) is 12.1 Å². The molecule has 0 spiro atoms. The van der Waals surface area contributed by atoms with Gasteiger partial charge >= 0.3 is 0 Å². The first kappa shape index (κ1) is 14.8. The highest BCUT2D eigenvalue weighted by molar-refractivity contribution is 5.97. The molecule has 1 aromatic rings. The van der Waals surface area contributed by atoms with Crippen LogP contribution >= 0.6 is 0 Å². The Kier molecular flexibility index (Phi) is 3.87. The van der Waals surface area contributed by atoms with Gasteiger partial charge in [0.05, 0.1) is 25.0 Å². The van der Waals surface area contributed by atoms with Gasteiger partial charge < -0.3 is 20.5 Å². The van der Waals surface area contributed by atoms with Crippen LogP contribution in [0.25, 0.3) is 0 Å². The number of rotatable bonds is 3. The molecule has 3 aliphatic rings. The standard InChI is InChI=1S/C17H23N3O3/c18-15-4-3-14(13-5-7-22-16(13)15)17(21)19-8-12-9-20-6-1-2-11(20)10-23-12/h3-4,11-12H,1-2,5-10,18H2,(H,19,21)/t11-,12+/m1/s1. The summed E-state index contributed by atoms with van der Waals surface area (Å²) in [5.74, 6) is 0.602. The molecule has 0 aliphatic carbocycles. The number of nitrogen functional groups attached to an aromatic ring is 1. The first-order valence-corrected chi connectivity index (χ1v) is 8.40. The average Bonchev–Trinajstić information content (AvgIpc) is 3.21. The monoisotopic (exact) mass is 317 g/mol. The van der Waals surface area contributed by atoms with Gasteiger partial charge in [-0.25, -0.2) is 0 Å². The van der Waals surface area contributed by atoms with E-state index in [4.69, 9.17) is 15.2 Å². The molecule has 23 heavy (non-hydrogen) atoms. The molecule has 6 heteroatoms. The molecule has 0 bridgehead atoms. The van der Waals surface area contributed by atoms with Crippen LogP contribution in [0.3, 0.4) is 0 Å². The predicted molar refractivity (Wildman–Crippen MR) is 86.7 cm³/mol. The zero-order valence-corrected chi connectivity index (χ0v) is 13.2. The molecule has 0 radical (unpaired) electrons. The lowest BCUT2D eigenvalue weighted by Gasteiger charge is -2.35. The molecule has 3 N–H and O–H groups in total. The Morgan fingerprint density at radius 2 is 2.35 bits per heavy atom. The van der Waals surface area contributed by atoms with Gasteiger partial charge in [0.25, 0.3) is 5.91 Å². The van der Waals surface area contributed by atoms with Gasteiger partial charge in [0.1, 0.15) is 5.75 Å². The third kappa shape index (κ3) is 2.77. The molecule has 3 aliphatic heterocycles. The molecule has 124 valence electrons. The summed E-state index contributed by atoms with van der Waals surface area (Å²) < 4.78 is 11.4. The van der Waals surface area contributed by atoms with Gasteiger partial charge in [-0.2, -0.15) is 0 Å². The lowest BCUT2D eigenvalue weighted by atomic mass is 10.0. The fraction of sp³-hybridized carbons (Fsp3) is 0.588. The maximum Gasteiger partial charge on any atom is 0.251 e. The van der Waals surface area contributed by atoms with Crippen molar-refractivity contribution in [1.29, 1.82) is 0 Å². The minimum Gasteiger partial charge on any atom is -0.491 e. The molecule has 0 aromatic heterocycles. The van der Waals surface area contributed by atoms with Crippen LogP contribution in [0.1, 0.15) is 28.8 Å². The predicted octanol–water partition coefficient (Wildman–Crippen LogP) is 0.797. The van der Waals surface area contributed by atoms with Crippen molar-refractivity contribution < 1.29 is 14.3 Å². The Labute approximate surface area is 135 Å². The lowest BCUT2D eigenvalue weighted by Crippen LogP contribution is -2.50. The van der Waals surface area contributed by atoms with E-state index >= 15 is 0 Å². The van der Waals surface area contributed by atoms with Crippen LogP contribution in [0, 0.1) is 0 Å². The summed E-state index contributed by atoms with van der Waals surface area (Å²) in [5, 5.41) is 3.01. The van der Waals surface area contributed by atoms with Gasteiger partial charge in [-0.1, -0.05) is 0 Å². The van der Waals surface area contributed by atoms with Gasteiger partial charge in [-0.05, 0) is 31.5 Å². The average molecular weight is 317 g/mol. The first-order valence-electron chi connectivity index (χ1n) is 8.40. The Morgan fingerprint density at radius 3 is 3.26 bits per heavy atom. The normalized spacial score (nSPS) is 26.4. The molecule has 2 saturated heterocycles. The van der Waals surface area contributed by atoms with Crippen LogP contribution in [0.4, 0.5) is 5.69 Å². The van der Waals surface area contributed by atoms with Crippen molar-refractivity contribution in [2.75, 3.05) is 38.6 Å². The molecule has 6 nitrogen and oxygen atoms in total. The number of carbonyl (C=O) groups excluding carboxylic acids is 1. The second-order valence-electron chi connectivity index (χ2n) is 6.56. The van der Waals surface area contributed by atoms with Crippen molar-refractivity contribution in [3.63, 3.8) is 0 Å². The number of amides is 1. The van der Waals surface area contributed by atoms with Crippen LogP contribution in [0.2, 0.25) is 0 Å². The molecule has 1 amide bonds. The van der Waals surface area contributed by atoms with Crippen LogP contribution in [0.5, 0.6) is 5.75 Å². The van der Waals surface area contributed by atoms with Gasteiger partial charge in [0.2, 0.25) is 0 Å². The fourth-order valence-electron chi connectivity index (χ4n) is 3.84. The molecule has 0 saturated carbocycles. The van der Waals surface area contributed by atoms with E-state index in [1.54, 1.807) is 12.1 Å². The number of morpholine rings is 1. The van der Waals surface area contributed by atoms with E-state index < -0.39 is 0 Å². The number of ether oxygens (including phenoxy) is 2. The zero-order chi connectivity index (χ0) is 15.8. The largest absolute Gasteiger partial charge is 0.491 e. The third-order valence-electron chi connectivity index (χ3n) is 5.09. The quantitative estimate of drug-likeness (QED) is 0.806. The third-order valence-corrected chi connectivity index (χ3v) is 5.09. The molecule has 2 fully saturated rings. The molecular weight excluding hydrogens is 294 g/mol. The summed E-state index contributed by atoms with van der Waals surface area (Å²) in [6, 6.07) is 4.11. The van der Waals surface area contributed by atoms with E-state index in [-0.39, 0.29) is 12.0 Å². The molecule has 1 aromatic carbocycles. The molecular formula is C17H23N3O3. The van der Waals surface area contributed by atoms with Gasteiger partial charge in [0.15, 0.2) is 0 Å². The maximum absolute atomic E-state index is 12.5. The van der Waals surface area contributed by atoms with E-state index in [2.05, 4.69) is 10.2 Å². The summed E-state index contributed by atoms with van der Waals surface area (Å²) in [5.41, 5.74) is 8.09. The SMILES string of the molecule is Nc1ccc(C(=O)NC[C@H]2CN3CCC[C@@H]3CO2)c2c1OCC2. The summed E-state index contributed by atoms with van der Waals surface area (Å²) >= 11 is 0. The highest BCUT2D eigenvalue weighted by Crippen LogP contribution is 2.34. The zero-order valence-electron chi connectivity index (χ0n) is 13.2. The Hall–Kier alpha value is -1.79. The number of anilines is 1. The van der Waals surface area contributed by atoms with Crippen LogP contribution in [-0.2, 0) is 11.2 Å². The minimum absolute atomic E-state index is 0.0705. The van der Waals surface area contributed by atoms with Gasteiger partial charge in [0, 0.05) is 36.7 Å². The molecule has 2 atom stereocenters. The van der Waals surface area contributed by atoms with Crippen molar-refractivity contribution >= 4 is 11.6 Å². The van der Waals surface area contributed by atoms with Crippen LogP contribution < -0.4 is 15.8 Å². The summed E-state index contributed by atoms with van der Waals surface area (Å²) in [4.78, 5) is 15.0. The number of nitrogens with zero attached hydrogens (tertiary/aromatic N) is 1. The minimum atomic E-state index is -0.0705. The highest BCUT2D eigenvalue weighted by atomic mass is 16.5. The topological polar surface area (TPSA) is 76.8 Å². The summed E-state index contributed by atoms with van der Waals surface area (Å²) in [6.07, 6.45) is 3.30. The van der Waals surface area contributed by atoms with Gasteiger partial charge in [-0.3, -0.25) is 9.69 Å².